The van der Waals surface area contributed by atoms with Gasteiger partial charge < -0.3 is 10.5 Å². The van der Waals surface area contributed by atoms with Crippen molar-refractivity contribution in [1.29, 1.82) is 0 Å². The molecule has 4 heteroatoms. The second kappa shape index (κ2) is 7.09. The SMILES string of the molecule is C=C(C)C[C@@H](N)c1ccccc1C(=O)OC.Cl. The highest BCUT2D eigenvalue weighted by Gasteiger charge is 2.16. The molecule has 0 aliphatic heterocycles. The third-order valence-corrected chi connectivity index (χ3v) is 2.33. The maximum absolute atomic E-state index is 11.5. The Morgan fingerprint density at radius 2 is 2.06 bits per heavy atom. The van der Waals surface area contributed by atoms with Gasteiger partial charge in [-0.05, 0) is 25.0 Å². The zero-order valence-corrected chi connectivity index (χ0v) is 10.9. The summed E-state index contributed by atoms with van der Waals surface area (Å²) in [6.07, 6.45) is 0.661. The predicted octanol–water partition coefficient (Wildman–Crippen LogP) is 2.86. The number of carbonyl (C=O) groups excluding carboxylic acids is 1. The molecule has 0 saturated heterocycles. The first-order chi connectivity index (χ1) is 7.56. The number of rotatable bonds is 4. The minimum Gasteiger partial charge on any atom is -0.465 e. The van der Waals surface area contributed by atoms with E-state index < -0.39 is 0 Å². The molecule has 2 N–H and O–H groups in total. The van der Waals surface area contributed by atoms with E-state index in [1.165, 1.54) is 7.11 Å². The van der Waals surface area contributed by atoms with E-state index in [-0.39, 0.29) is 24.4 Å². The lowest BCUT2D eigenvalue weighted by Crippen LogP contribution is -2.15. The largest absolute Gasteiger partial charge is 0.465 e. The van der Waals surface area contributed by atoms with Gasteiger partial charge in [0.1, 0.15) is 0 Å². The van der Waals surface area contributed by atoms with Crippen LogP contribution >= 0.6 is 12.4 Å². The lowest BCUT2D eigenvalue weighted by molar-refractivity contribution is 0.0599. The lowest BCUT2D eigenvalue weighted by atomic mass is 9.96. The zero-order chi connectivity index (χ0) is 12.1. The van der Waals surface area contributed by atoms with Crippen molar-refractivity contribution in [1.82, 2.24) is 0 Å². The van der Waals surface area contributed by atoms with E-state index in [2.05, 4.69) is 6.58 Å². The molecule has 1 aromatic rings. The molecule has 0 amide bonds. The topological polar surface area (TPSA) is 52.3 Å². The number of ether oxygens (including phenoxy) is 1. The average molecular weight is 256 g/mol. The van der Waals surface area contributed by atoms with Crippen molar-refractivity contribution in [2.24, 2.45) is 5.73 Å². The van der Waals surface area contributed by atoms with Crippen molar-refractivity contribution < 1.29 is 9.53 Å². The van der Waals surface area contributed by atoms with Crippen LogP contribution < -0.4 is 5.73 Å². The minimum absolute atomic E-state index is 0. The van der Waals surface area contributed by atoms with Crippen LogP contribution in [-0.2, 0) is 4.74 Å². The molecular formula is C13H18ClNO2. The van der Waals surface area contributed by atoms with Crippen molar-refractivity contribution in [3.63, 3.8) is 0 Å². The second-order valence-electron chi connectivity index (χ2n) is 3.85. The zero-order valence-electron chi connectivity index (χ0n) is 10.1. The molecule has 0 heterocycles. The van der Waals surface area contributed by atoms with Crippen molar-refractivity contribution in [3.05, 3.63) is 47.5 Å². The van der Waals surface area contributed by atoms with Crippen LogP contribution in [0.1, 0.15) is 35.3 Å². The van der Waals surface area contributed by atoms with Crippen molar-refractivity contribution >= 4 is 18.4 Å². The van der Waals surface area contributed by atoms with Gasteiger partial charge in [0.15, 0.2) is 0 Å². The van der Waals surface area contributed by atoms with Crippen LogP contribution in [0.4, 0.5) is 0 Å². The summed E-state index contributed by atoms with van der Waals surface area (Å²) >= 11 is 0. The summed E-state index contributed by atoms with van der Waals surface area (Å²) in [5, 5.41) is 0. The fourth-order valence-corrected chi connectivity index (χ4v) is 1.60. The summed E-state index contributed by atoms with van der Waals surface area (Å²) in [6.45, 7) is 5.74. The van der Waals surface area contributed by atoms with E-state index in [1.54, 1.807) is 12.1 Å². The molecular weight excluding hydrogens is 238 g/mol. The van der Waals surface area contributed by atoms with Crippen LogP contribution in [0.25, 0.3) is 0 Å². The first kappa shape index (κ1) is 15.7. The quantitative estimate of drug-likeness (QED) is 0.665. The van der Waals surface area contributed by atoms with Crippen LogP contribution in [0.3, 0.4) is 0 Å². The molecule has 0 saturated carbocycles. The number of methoxy groups -OCH3 is 1. The smallest absolute Gasteiger partial charge is 0.338 e. The molecule has 17 heavy (non-hydrogen) atoms. The van der Waals surface area contributed by atoms with Gasteiger partial charge in [0.2, 0.25) is 0 Å². The first-order valence-corrected chi connectivity index (χ1v) is 5.13. The normalized spacial score (nSPS) is 11.2. The van der Waals surface area contributed by atoms with Gasteiger partial charge in [-0.3, -0.25) is 0 Å². The second-order valence-corrected chi connectivity index (χ2v) is 3.85. The maximum atomic E-state index is 11.5. The van der Waals surface area contributed by atoms with Gasteiger partial charge in [0.25, 0.3) is 0 Å². The summed E-state index contributed by atoms with van der Waals surface area (Å²) in [4.78, 5) is 11.5. The molecule has 0 aliphatic rings. The highest BCUT2D eigenvalue weighted by atomic mass is 35.5. The average Bonchev–Trinajstić information content (AvgIpc) is 2.27. The Morgan fingerprint density at radius 3 is 2.59 bits per heavy atom. The van der Waals surface area contributed by atoms with Gasteiger partial charge in [-0.15, -0.1) is 19.0 Å². The maximum Gasteiger partial charge on any atom is 0.338 e. The molecule has 1 atom stereocenters. The third-order valence-electron chi connectivity index (χ3n) is 2.33. The Morgan fingerprint density at radius 1 is 1.47 bits per heavy atom. The van der Waals surface area contributed by atoms with Crippen molar-refractivity contribution in [3.8, 4) is 0 Å². The Kier molecular flexibility index (Phi) is 6.54. The molecule has 0 fully saturated rings. The van der Waals surface area contributed by atoms with E-state index in [9.17, 15) is 4.79 Å². The molecule has 94 valence electrons. The van der Waals surface area contributed by atoms with Crippen LogP contribution in [0.5, 0.6) is 0 Å². The molecule has 1 rings (SSSR count). The van der Waals surface area contributed by atoms with Crippen LogP contribution in [-0.4, -0.2) is 13.1 Å². The first-order valence-electron chi connectivity index (χ1n) is 5.13. The van der Waals surface area contributed by atoms with Crippen LogP contribution in [0.2, 0.25) is 0 Å². The Bertz CT molecular complexity index is 404. The van der Waals surface area contributed by atoms with Crippen molar-refractivity contribution in [2.75, 3.05) is 7.11 Å². The number of hydrogen-bond acceptors (Lipinski definition) is 3. The number of nitrogens with two attached hydrogens (primary N) is 1. The highest BCUT2D eigenvalue weighted by molar-refractivity contribution is 5.91. The predicted molar refractivity (Wildman–Crippen MR) is 71.4 cm³/mol. The Hall–Kier alpha value is -1.32. The van der Waals surface area contributed by atoms with Crippen LogP contribution in [0, 0.1) is 0 Å². The third kappa shape index (κ3) is 4.21. The Labute approximate surface area is 108 Å². The highest BCUT2D eigenvalue weighted by Crippen LogP contribution is 2.21. The lowest BCUT2D eigenvalue weighted by Gasteiger charge is -2.15. The molecule has 0 aromatic heterocycles. The van der Waals surface area contributed by atoms with E-state index in [4.69, 9.17) is 10.5 Å². The van der Waals surface area contributed by atoms with E-state index in [1.807, 2.05) is 19.1 Å². The van der Waals surface area contributed by atoms with Crippen molar-refractivity contribution in [2.45, 2.75) is 19.4 Å². The number of benzene rings is 1. The minimum atomic E-state index is -0.354. The van der Waals surface area contributed by atoms with Gasteiger partial charge in [0, 0.05) is 6.04 Å². The fraction of sp³-hybridized carbons (Fsp3) is 0.308. The summed E-state index contributed by atoms with van der Waals surface area (Å²) in [5.41, 5.74) is 8.34. The van der Waals surface area contributed by atoms with E-state index in [0.29, 0.717) is 12.0 Å². The Balaban J connectivity index is 0.00000256. The monoisotopic (exact) mass is 255 g/mol. The molecule has 0 radical (unpaired) electrons. The van der Waals surface area contributed by atoms with Gasteiger partial charge in [0.05, 0.1) is 12.7 Å². The standard InChI is InChI=1S/C13H17NO2.ClH/c1-9(2)8-12(14)10-6-4-5-7-11(10)13(15)16-3;/h4-7,12H,1,8,14H2,2-3H3;1H/t12-;/m1./s1. The summed E-state index contributed by atoms with van der Waals surface area (Å²) in [7, 11) is 1.36. The fourth-order valence-electron chi connectivity index (χ4n) is 1.60. The molecule has 0 aliphatic carbocycles. The van der Waals surface area contributed by atoms with Gasteiger partial charge in [-0.25, -0.2) is 4.79 Å². The summed E-state index contributed by atoms with van der Waals surface area (Å²) < 4.78 is 4.72. The van der Waals surface area contributed by atoms with E-state index >= 15 is 0 Å². The number of hydrogen-bond donors (Lipinski definition) is 1. The number of carbonyl (C=O) groups is 1. The van der Waals surface area contributed by atoms with E-state index in [0.717, 1.165) is 11.1 Å². The number of halogens is 1. The van der Waals surface area contributed by atoms with Gasteiger partial charge >= 0.3 is 5.97 Å². The molecule has 1 aromatic carbocycles. The molecule has 3 nitrogen and oxygen atoms in total. The summed E-state index contributed by atoms with van der Waals surface area (Å²) in [5.74, 6) is -0.354. The molecule has 0 bridgehead atoms. The van der Waals surface area contributed by atoms with Crippen LogP contribution in [0.15, 0.2) is 36.4 Å². The summed E-state index contributed by atoms with van der Waals surface area (Å²) in [6, 6.07) is 7.01. The molecule has 0 unspecified atom stereocenters. The molecule has 0 spiro atoms. The number of esters is 1. The van der Waals surface area contributed by atoms with Gasteiger partial charge in [-0.1, -0.05) is 23.8 Å². The van der Waals surface area contributed by atoms with Gasteiger partial charge in [-0.2, -0.15) is 0 Å².